The molecule has 0 saturated carbocycles. The first-order valence-corrected chi connectivity index (χ1v) is 2.46. The van der Waals surface area contributed by atoms with Crippen LogP contribution in [-0.2, 0) is 0 Å². The molecule has 7 heteroatoms. The lowest BCUT2D eigenvalue weighted by atomic mass is 10.1. The van der Waals surface area contributed by atoms with E-state index in [2.05, 4.69) is 6.58 Å². The number of hydrogen-bond acceptors (Lipinski definition) is 1. The van der Waals surface area contributed by atoms with E-state index in [0.29, 0.717) is 0 Å². The van der Waals surface area contributed by atoms with Gasteiger partial charge in [-0.2, -0.15) is 26.3 Å². The molecular weight excluding hydrogens is 190 g/mol. The zero-order valence-corrected chi connectivity index (χ0v) is 5.42. The first-order chi connectivity index (χ1) is 5.07. The van der Waals surface area contributed by atoms with Crippen LogP contribution in [-0.4, -0.2) is 17.5 Å². The van der Waals surface area contributed by atoms with Crippen molar-refractivity contribution in [3.63, 3.8) is 0 Å². The van der Waals surface area contributed by atoms with Crippen LogP contribution in [0.15, 0.2) is 12.2 Å². The molecule has 12 heavy (non-hydrogen) atoms. The molecule has 1 radical (unpaired) electrons. The highest BCUT2D eigenvalue weighted by atomic mass is 19.4. The van der Waals surface area contributed by atoms with Crippen molar-refractivity contribution in [1.29, 1.82) is 0 Å². The second-order valence-corrected chi connectivity index (χ2v) is 1.82. The SMILES string of the molecule is C=C([C](O)C(F)(F)F)C(F)(F)F. The maximum absolute atomic E-state index is 11.4. The molecule has 1 nitrogen and oxygen atoms in total. The van der Waals surface area contributed by atoms with Gasteiger partial charge in [-0.25, -0.2) is 0 Å². The molecule has 0 aromatic carbocycles. The summed E-state index contributed by atoms with van der Waals surface area (Å²) in [5.41, 5.74) is -2.30. The molecule has 0 aliphatic heterocycles. The molecule has 71 valence electrons. The van der Waals surface area contributed by atoms with E-state index in [-0.39, 0.29) is 0 Å². The Kier molecular flexibility index (Phi) is 2.79. The van der Waals surface area contributed by atoms with Gasteiger partial charge in [-0.3, -0.25) is 0 Å². The molecule has 0 heterocycles. The predicted molar refractivity (Wildman–Crippen MR) is 26.4 cm³/mol. The fourth-order valence-corrected chi connectivity index (χ4v) is 0.305. The molecule has 0 atom stereocenters. The predicted octanol–water partition coefficient (Wildman–Crippen LogP) is 2.57. The minimum absolute atomic E-state index is 2.06. The summed E-state index contributed by atoms with van der Waals surface area (Å²) in [6.45, 7) is 2.06. The second kappa shape index (κ2) is 2.96. The largest absolute Gasteiger partial charge is 0.425 e. The number of halogens is 6. The smallest absolute Gasteiger partial charge is 0.374 e. The van der Waals surface area contributed by atoms with E-state index >= 15 is 0 Å². The fraction of sp³-hybridized carbons (Fsp3) is 0.400. The van der Waals surface area contributed by atoms with Gasteiger partial charge in [0.1, 0.15) is 0 Å². The van der Waals surface area contributed by atoms with Gasteiger partial charge < -0.3 is 5.11 Å². The Bertz CT molecular complexity index is 177. The lowest BCUT2D eigenvalue weighted by Crippen LogP contribution is -2.28. The van der Waals surface area contributed by atoms with Gasteiger partial charge in [0, 0.05) is 0 Å². The maximum Gasteiger partial charge on any atom is 0.425 e. The number of hydrogen-bond donors (Lipinski definition) is 1. The molecule has 0 aromatic rings. The van der Waals surface area contributed by atoms with Crippen molar-refractivity contribution >= 4 is 0 Å². The average molecular weight is 193 g/mol. The Hall–Kier alpha value is -0.720. The summed E-state index contributed by atoms with van der Waals surface area (Å²) in [5.74, 6) is 0. The molecule has 0 rings (SSSR count). The molecule has 0 bridgehead atoms. The van der Waals surface area contributed by atoms with Gasteiger partial charge in [0.25, 0.3) is 0 Å². The number of alkyl halides is 6. The summed E-state index contributed by atoms with van der Waals surface area (Å²) in [6, 6.07) is 0. The minimum atomic E-state index is -5.41. The topological polar surface area (TPSA) is 20.2 Å². The van der Waals surface area contributed by atoms with E-state index in [1.165, 1.54) is 0 Å². The summed E-state index contributed by atoms with van der Waals surface area (Å²) in [7, 11) is 0. The first kappa shape index (κ1) is 11.3. The van der Waals surface area contributed by atoms with Crippen LogP contribution in [0.2, 0.25) is 0 Å². The van der Waals surface area contributed by atoms with Crippen molar-refractivity contribution in [2.75, 3.05) is 0 Å². The van der Waals surface area contributed by atoms with Crippen LogP contribution in [0.4, 0.5) is 26.3 Å². The van der Waals surface area contributed by atoms with Gasteiger partial charge in [-0.1, -0.05) is 6.58 Å². The van der Waals surface area contributed by atoms with Crippen LogP contribution in [0.3, 0.4) is 0 Å². The minimum Gasteiger partial charge on any atom is -0.374 e. The third-order valence-corrected chi connectivity index (χ3v) is 0.897. The standard InChI is InChI=1S/C5H3F6O/c1-2(4(6,7)8)3(12)5(9,10)11/h12H,1H2. The third-order valence-electron chi connectivity index (χ3n) is 0.897. The van der Waals surface area contributed by atoms with Crippen molar-refractivity contribution in [2.24, 2.45) is 0 Å². The van der Waals surface area contributed by atoms with Gasteiger partial charge in [-0.05, 0) is 0 Å². The average Bonchev–Trinajstić information content (AvgIpc) is 1.80. The van der Waals surface area contributed by atoms with Crippen molar-refractivity contribution in [2.45, 2.75) is 12.4 Å². The number of aliphatic hydroxyl groups is 1. The van der Waals surface area contributed by atoms with Gasteiger partial charge in [-0.15, -0.1) is 0 Å². The zero-order chi connectivity index (χ0) is 10.2. The van der Waals surface area contributed by atoms with Crippen LogP contribution >= 0.6 is 0 Å². The van der Waals surface area contributed by atoms with E-state index in [0.717, 1.165) is 0 Å². The Morgan fingerprint density at radius 2 is 1.25 bits per heavy atom. The molecule has 0 aliphatic rings. The highest BCUT2D eigenvalue weighted by molar-refractivity contribution is 5.22. The summed E-state index contributed by atoms with van der Waals surface area (Å²) < 4.78 is 68.5. The lowest BCUT2D eigenvalue weighted by molar-refractivity contribution is -0.167. The Morgan fingerprint density at radius 1 is 0.917 bits per heavy atom. The highest BCUT2D eigenvalue weighted by Crippen LogP contribution is 2.38. The van der Waals surface area contributed by atoms with E-state index in [1.807, 2.05) is 0 Å². The van der Waals surface area contributed by atoms with Crippen molar-refractivity contribution in [1.82, 2.24) is 0 Å². The van der Waals surface area contributed by atoms with Crippen LogP contribution in [0.1, 0.15) is 0 Å². The summed E-state index contributed by atoms with van der Waals surface area (Å²) in [6.07, 6.45) is -13.4. The molecular formula is C5H3F6O. The molecule has 0 amide bonds. The Morgan fingerprint density at radius 3 is 1.33 bits per heavy atom. The lowest BCUT2D eigenvalue weighted by Gasteiger charge is -2.17. The van der Waals surface area contributed by atoms with E-state index in [1.54, 1.807) is 0 Å². The van der Waals surface area contributed by atoms with Gasteiger partial charge in [0.2, 0.25) is 6.10 Å². The second-order valence-electron chi connectivity index (χ2n) is 1.82. The van der Waals surface area contributed by atoms with Crippen LogP contribution < -0.4 is 0 Å². The van der Waals surface area contributed by atoms with E-state index < -0.39 is 24.0 Å². The summed E-state index contributed by atoms with van der Waals surface area (Å²) in [4.78, 5) is 0. The zero-order valence-electron chi connectivity index (χ0n) is 5.42. The maximum atomic E-state index is 11.4. The first-order valence-electron chi connectivity index (χ1n) is 2.46. The number of aliphatic hydroxyl groups excluding tert-OH is 1. The number of rotatable bonds is 1. The summed E-state index contributed by atoms with van der Waals surface area (Å²) in [5, 5.41) is 7.96. The highest BCUT2D eigenvalue weighted by Gasteiger charge is 2.50. The van der Waals surface area contributed by atoms with E-state index in [4.69, 9.17) is 5.11 Å². The van der Waals surface area contributed by atoms with Crippen molar-refractivity contribution in [3.05, 3.63) is 18.3 Å². The van der Waals surface area contributed by atoms with E-state index in [9.17, 15) is 26.3 Å². The van der Waals surface area contributed by atoms with Crippen molar-refractivity contribution < 1.29 is 31.4 Å². The molecule has 0 fully saturated rings. The molecule has 1 N–H and O–H groups in total. The van der Waals surface area contributed by atoms with Gasteiger partial charge in [0.15, 0.2) is 0 Å². The van der Waals surface area contributed by atoms with Crippen LogP contribution in [0.5, 0.6) is 0 Å². The molecule has 0 aliphatic carbocycles. The summed E-state index contributed by atoms with van der Waals surface area (Å²) >= 11 is 0. The Balaban J connectivity index is 4.53. The van der Waals surface area contributed by atoms with Gasteiger partial charge >= 0.3 is 12.4 Å². The monoisotopic (exact) mass is 193 g/mol. The molecule has 0 aromatic heterocycles. The quantitative estimate of drug-likeness (QED) is 0.634. The van der Waals surface area contributed by atoms with Crippen LogP contribution in [0.25, 0.3) is 0 Å². The van der Waals surface area contributed by atoms with Gasteiger partial charge in [0.05, 0.1) is 5.57 Å². The van der Waals surface area contributed by atoms with Crippen molar-refractivity contribution in [3.8, 4) is 0 Å². The molecule has 0 saturated heterocycles. The fourth-order valence-electron chi connectivity index (χ4n) is 0.305. The molecule has 0 unspecified atom stereocenters. The Labute approximate surface area is 63.3 Å². The normalized spacial score (nSPS) is 13.7. The third kappa shape index (κ3) is 2.72. The van der Waals surface area contributed by atoms with Crippen LogP contribution in [0, 0.1) is 6.10 Å². The molecule has 0 spiro atoms.